The molecule has 1 fully saturated rings. The van der Waals surface area contributed by atoms with Crippen molar-refractivity contribution in [1.82, 2.24) is 10.0 Å². The van der Waals surface area contributed by atoms with E-state index in [1.807, 2.05) is 20.8 Å². The minimum absolute atomic E-state index is 0.106. The van der Waals surface area contributed by atoms with Crippen molar-refractivity contribution in [2.75, 3.05) is 12.3 Å². The summed E-state index contributed by atoms with van der Waals surface area (Å²) in [4.78, 5) is 0. The fourth-order valence-electron chi connectivity index (χ4n) is 1.52. The Morgan fingerprint density at radius 1 is 1.27 bits per heavy atom. The molecule has 1 saturated carbocycles. The van der Waals surface area contributed by atoms with Gasteiger partial charge in [-0.3, -0.25) is 0 Å². The van der Waals surface area contributed by atoms with Crippen molar-refractivity contribution in [3.8, 4) is 0 Å². The van der Waals surface area contributed by atoms with E-state index in [-0.39, 0.29) is 11.8 Å². The molecule has 0 aromatic heterocycles. The normalized spacial score (nSPS) is 19.5. The number of nitrogens with one attached hydrogen (secondary N) is 2. The summed E-state index contributed by atoms with van der Waals surface area (Å²) < 4.78 is 25.9. The SMILES string of the molecule is CC(C)NCCS(=O)(=O)NC(C)C1CC1. The Bertz CT molecular complexity index is 284. The molecule has 4 nitrogen and oxygen atoms in total. The fraction of sp³-hybridized carbons (Fsp3) is 1.00. The lowest BCUT2D eigenvalue weighted by Crippen LogP contribution is -2.39. The van der Waals surface area contributed by atoms with Crippen LogP contribution in [0.1, 0.15) is 33.6 Å². The van der Waals surface area contributed by atoms with Gasteiger partial charge in [-0.2, -0.15) is 0 Å². The highest BCUT2D eigenvalue weighted by Crippen LogP contribution is 2.32. The van der Waals surface area contributed by atoms with Crippen LogP contribution in [-0.4, -0.2) is 32.8 Å². The van der Waals surface area contributed by atoms with Gasteiger partial charge < -0.3 is 5.32 Å². The van der Waals surface area contributed by atoms with E-state index in [0.717, 1.165) is 12.8 Å². The lowest BCUT2D eigenvalue weighted by atomic mass is 10.2. The molecule has 1 aliphatic rings. The molecule has 0 aromatic rings. The van der Waals surface area contributed by atoms with Crippen molar-refractivity contribution in [1.29, 1.82) is 0 Å². The van der Waals surface area contributed by atoms with Crippen LogP contribution in [0, 0.1) is 5.92 Å². The first-order valence-electron chi connectivity index (χ1n) is 5.64. The average Bonchev–Trinajstić information content (AvgIpc) is 2.82. The topological polar surface area (TPSA) is 58.2 Å². The highest BCUT2D eigenvalue weighted by Gasteiger charge is 2.30. The van der Waals surface area contributed by atoms with Crippen LogP contribution in [0.5, 0.6) is 0 Å². The molecule has 0 saturated heterocycles. The second-order valence-electron chi connectivity index (χ2n) is 4.67. The maximum Gasteiger partial charge on any atom is 0.213 e. The van der Waals surface area contributed by atoms with Gasteiger partial charge in [-0.15, -0.1) is 0 Å². The first kappa shape index (κ1) is 12.9. The summed E-state index contributed by atoms with van der Waals surface area (Å²) in [5, 5.41) is 3.10. The maximum atomic E-state index is 11.6. The summed E-state index contributed by atoms with van der Waals surface area (Å²) in [5.41, 5.74) is 0. The van der Waals surface area contributed by atoms with E-state index >= 15 is 0 Å². The van der Waals surface area contributed by atoms with Gasteiger partial charge in [0.1, 0.15) is 0 Å². The van der Waals surface area contributed by atoms with E-state index in [1.165, 1.54) is 0 Å². The van der Waals surface area contributed by atoms with Gasteiger partial charge in [-0.25, -0.2) is 13.1 Å². The third kappa shape index (κ3) is 5.49. The summed E-state index contributed by atoms with van der Waals surface area (Å²) in [6.07, 6.45) is 2.32. The third-order valence-corrected chi connectivity index (χ3v) is 4.09. The van der Waals surface area contributed by atoms with Gasteiger partial charge in [0.2, 0.25) is 10.0 Å². The Balaban J connectivity index is 2.25. The van der Waals surface area contributed by atoms with Crippen LogP contribution >= 0.6 is 0 Å². The molecule has 0 amide bonds. The van der Waals surface area contributed by atoms with Gasteiger partial charge in [0.05, 0.1) is 5.75 Å². The molecule has 0 aliphatic heterocycles. The van der Waals surface area contributed by atoms with E-state index in [0.29, 0.717) is 18.5 Å². The summed E-state index contributed by atoms with van der Waals surface area (Å²) in [5.74, 6) is 0.736. The molecule has 1 atom stereocenters. The van der Waals surface area contributed by atoms with Crippen LogP contribution in [0.3, 0.4) is 0 Å². The van der Waals surface area contributed by atoms with Crippen LogP contribution in [0.25, 0.3) is 0 Å². The third-order valence-electron chi connectivity index (χ3n) is 2.62. The molecule has 1 unspecified atom stereocenters. The Kier molecular flexibility index (Phi) is 4.55. The number of hydrogen-bond acceptors (Lipinski definition) is 3. The zero-order valence-electron chi connectivity index (χ0n) is 9.79. The Hall–Kier alpha value is -0.130. The Labute approximate surface area is 92.9 Å². The molecule has 0 bridgehead atoms. The van der Waals surface area contributed by atoms with Crippen LogP contribution in [0.15, 0.2) is 0 Å². The molecule has 0 heterocycles. The first-order chi connectivity index (χ1) is 6.91. The van der Waals surface area contributed by atoms with Gasteiger partial charge in [0.25, 0.3) is 0 Å². The average molecular weight is 234 g/mol. The lowest BCUT2D eigenvalue weighted by Gasteiger charge is -2.14. The Morgan fingerprint density at radius 3 is 2.33 bits per heavy atom. The lowest BCUT2D eigenvalue weighted by molar-refractivity contribution is 0.532. The van der Waals surface area contributed by atoms with Crippen molar-refractivity contribution in [2.45, 2.75) is 45.7 Å². The van der Waals surface area contributed by atoms with E-state index < -0.39 is 10.0 Å². The molecule has 5 heteroatoms. The minimum Gasteiger partial charge on any atom is -0.313 e. The van der Waals surface area contributed by atoms with E-state index in [9.17, 15) is 8.42 Å². The van der Waals surface area contributed by atoms with Crippen molar-refractivity contribution < 1.29 is 8.42 Å². The van der Waals surface area contributed by atoms with E-state index in [2.05, 4.69) is 10.0 Å². The van der Waals surface area contributed by atoms with E-state index in [4.69, 9.17) is 0 Å². The number of sulfonamides is 1. The van der Waals surface area contributed by atoms with Crippen molar-refractivity contribution >= 4 is 10.0 Å². The fourth-order valence-corrected chi connectivity index (χ4v) is 2.78. The van der Waals surface area contributed by atoms with Gasteiger partial charge >= 0.3 is 0 Å². The van der Waals surface area contributed by atoms with Crippen molar-refractivity contribution in [2.24, 2.45) is 5.92 Å². The molecule has 90 valence electrons. The smallest absolute Gasteiger partial charge is 0.213 e. The van der Waals surface area contributed by atoms with Crippen LogP contribution in [0.2, 0.25) is 0 Å². The second-order valence-corrected chi connectivity index (χ2v) is 6.55. The molecule has 1 aliphatic carbocycles. The first-order valence-corrected chi connectivity index (χ1v) is 7.29. The molecule has 0 aromatic carbocycles. The summed E-state index contributed by atoms with van der Waals surface area (Å²) in [7, 11) is -3.09. The van der Waals surface area contributed by atoms with Crippen LogP contribution in [-0.2, 0) is 10.0 Å². The van der Waals surface area contributed by atoms with Crippen molar-refractivity contribution in [3.05, 3.63) is 0 Å². The van der Waals surface area contributed by atoms with Gasteiger partial charge in [0, 0.05) is 18.6 Å². The molecular formula is C10H22N2O2S. The molecule has 15 heavy (non-hydrogen) atoms. The van der Waals surface area contributed by atoms with Gasteiger partial charge in [-0.1, -0.05) is 13.8 Å². The summed E-state index contributed by atoms with van der Waals surface area (Å²) >= 11 is 0. The summed E-state index contributed by atoms with van der Waals surface area (Å²) in [6.45, 7) is 6.48. The van der Waals surface area contributed by atoms with Crippen LogP contribution < -0.4 is 10.0 Å². The van der Waals surface area contributed by atoms with Gasteiger partial charge in [0.15, 0.2) is 0 Å². The zero-order valence-corrected chi connectivity index (χ0v) is 10.6. The Morgan fingerprint density at radius 2 is 1.87 bits per heavy atom. The highest BCUT2D eigenvalue weighted by molar-refractivity contribution is 7.89. The highest BCUT2D eigenvalue weighted by atomic mass is 32.2. The molecule has 1 rings (SSSR count). The quantitative estimate of drug-likeness (QED) is 0.682. The number of hydrogen-bond donors (Lipinski definition) is 2. The van der Waals surface area contributed by atoms with E-state index in [1.54, 1.807) is 0 Å². The molecular weight excluding hydrogens is 212 g/mol. The maximum absolute atomic E-state index is 11.6. The summed E-state index contributed by atoms with van der Waals surface area (Å²) in [6, 6.07) is 0.440. The van der Waals surface area contributed by atoms with Crippen molar-refractivity contribution in [3.63, 3.8) is 0 Å². The second kappa shape index (κ2) is 5.27. The predicted octanol–water partition coefficient (Wildman–Crippen LogP) is 0.702. The van der Waals surface area contributed by atoms with Crippen LogP contribution in [0.4, 0.5) is 0 Å². The minimum atomic E-state index is -3.09. The van der Waals surface area contributed by atoms with Gasteiger partial charge in [-0.05, 0) is 25.7 Å². The zero-order chi connectivity index (χ0) is 11.5. The predicted molar refractivity (Wildman–Crippen MR) is 62.2 cm³/mol. The standard InChI is InChI=1S/C10H22N2O2S/c1-8(2)11-6-7-15(13,14)12-9(3)10-4-5-10/h8-12H,4-7H2,1-3H3. The largest absolute Gasteiger partial charge is 0.313 e. The number of rotatable bonds is 7. The monoisotopic (exact) mass is 234 g/mol. The molecule has 0 radical (unpaired) electrons. The molecule has 2 N–H and O–H groups in total. The molecule has 0 spiro atoms.